The van der Waals surface area contributed by atoms with E-state index in [0.717, 1.165) is 5.56 Å². The van der Waals surface area contributed by atoms with Crippen LogP contribution in [0.25, 0.3) is 0 Å². The third-order valence-corrected chi connectivity index (χ3v) is 4.11. The van der Waals surface area contributed by atoms with Gasteiger partial charge in [0.05, 0.1) is 5.75 Å². The van der Waals surface area contributed by atoms with Gasteiger partial charge in [0.25, 0.3) is 0 Å². The second-order valence-electron chi connectivity index (χ2n) is 5.36. The molecule has 19 heavy (non-hydrogen) atoms. The second-order valence-corrected chi connectivity index (χ2v) is 7.62. The first-order valence-electron chi connectivity index (χ1n) is 6.38. The first-order valence-corrected chi connectivity index (χ1v) is 8.44. The smallest absolute Gasteiger partial charge is 0.148 e. The Labute approximate surface area is 116 Å². The highest BCUT2D eigenvalue weighted by molar-refractivity contribution is 7.90. The van der Waals surface area contributed by atoms with Crippen LogP contribution in [0, 0.1) is 13.8 Å². The molecule has 5 heteroatoms. The minimum Gasteiger partial charge on any atom is -0.323 e. The number of rotatable bonds is 6. The number of hydrogen-bond acceptors (Lipinski definition) is 4. The quantitative estimate of drug-likeness (QED) is 0.855. The van der Waals surface area contributed by atoms with E-state index in [9.17, 15) is 8.42 Å². The van der Waals surface area contributed by atoms with Gasteiger partial charge in [-0.1, -0.05) is 23.8 Å². The molecule has 0 aliphatic heterocycles. The van der Waals surface area contributed by atoms with Crippen molar-refractivity contribution in [3.8, 4) is 0 Å². The van der Waals surface area contributed by atoms with Crippen LogP contribution in [-0.4, -0.2) is 45.5 Å². The Morgan fingerprint density at radius 1 is 1.32 bits per heavy atom. The zero-order valence-corrected chi connectivity index (χ0v) is 13.0. The molecule has 1 atom stereocenters. The van der Waals surface area contributed by atoms with Crippen LogP contribution in [0.15, 0.2) is 18.2 Å². The molecule has 0 heterocycles. The normalized spacial score (nSPS) is 13.8. The topological polar surface area (TPSA) is 63.4 Å². The first-order chi connectivity index (χ1) is 8.69. The molecule has 0 spiro atoms. The molecule has 0 radical (unpaired) electrons. The molecular weight excluding hydrogens is 260 g/mol. The lowest BCUT2D eigenvalue weighted by molar-refractivity contribution is 0.329. The van der Waals surface area contributed by atoms with Crippen molar-refractivity contribution in [3.63, 3.8) is 0 Å². The van der Waals surface area contributed by atoms with Gasteiger partial charge in [-0.2, -0.15) is 0 Å². The van der Waals surface area contributed by atoms with E-state index in [1.807, 2.05) is 25.8 Å². The summed E-state index contributed by atoms with van der Waals surface area (Å²) in [6.45, 7) is 5.26. The molecule has 0 aliphatic carbocycles. The van der Waals surface area contributed by atoms with E-state index in [1.165, 1.54) is 17.4 Å². The molecule has 0 fully saturated rings. The number of benzene rings is 1. The lowest BCUT2D eigenvalue weighted by atomic mass is 9.99. The summed E-state index contributed by atoms with van der Waals surface area (Å²) < 4.78 is 22.3. The maximum Gasteiger partial charge on any atom is 0.148 e. The minimum absolute atomic E-state index is 0.0931. The predicted molar refractivity (Wildman–Crippen MR) is 80.1 cm³/mol. The maximum atomic E-state index is 11.1. The molecule has 0 aromatic heterocycles. The van der Waals surface area contributed by atoms with Crippen LogP contribution in [0.3, 0.4) is 0 Å². The lowest BCUT2D eigenvalue weighted by Gasteiger charge is -2.22. The Balaban J connectivity index is 2.63. The van der Waals surface area contributed by atoms with Gasteiger partial charge >= 0.3 is 0 Å². The fourth-order valence-corrected chi connectivity index (χ4v) is 2.65. The fourth-order valence-electron chi connectivity index (χ4n) is 2.01. The van der Waals surface area contributed by atoms with Crippen LogP contribution in [0.4, 0.5) is 0 Å². The third kappa shape index (κ3) is 5.72. The van der Waals surface area contributed by atoms with Gasteiger partial charge in [0.15, 0.2) is 0 Å². The van der Waals surface area contributed by atoms with E-state index in [-0.39, 0.29) is 11.8 Å². The van der Waals surface area contributed by atoms with Crippen molar-refractivity contribution in [2.75, 3.05) is 32.1 Å². The molecule has 0 amide bonds. The summed E-state index contributed by atoms with van der Waals surface area (Å²) in [5.74, 6) is 0.170. The van der Waals surface area contributed by atoms with Gasteiger partial charge in [-0.25, -0.2) is 8.42 Å². The van der Waals surface area contributed by atoms with Gasteiger partial charge in [0.2, 0.25) is 0 Å². The van der Waals surface area contributed by atoms with Crippen molar-refractivity contribution >= 4 is 9.84 Å². The Bertz CT molecular complexity index is 526. The summed E-state index contributed by atoms with van der Waals surface area (Å²) in [7, 11) is -1.02. The predicted octanol–water partition coefficient (Wildman–Crippen LogP) is 1.28. The van der Waals surface area contributed by atoms with Crippen LogP contribution in [0.2, 0.25) is 0 Å². The number of nitrogens with two attached hydrogens (primary N) is 1. The second kappa shape index (κ2) is 6.50. The molecule has 2 N–H and O–H groups in total. The van der Waals surface area contributed by atoms with Gasteiger partial charge < -0.3 is 10.6 Å². The van der Waals surface area contributed by atoms with Crippen LogP contribution in [0.5, 0.6) is 0 Å². The SMILES string of the molecule is Cc1ccc(C)c(C(N)CN(C)CCS(C)(=O)=O)c1. The summed E-state index contributed by atoms with van der Waals surface area (Å²) in [6.07, 6.45) is 1.26. The largest absolute Gasteiger partial charge is 0.323 e. The zero-order chi connectivity index (χ0) is 14.6. The van der Waals surface area contributed by atoms with Crippen molar-refractivity contribution in [2.24, 2.45) is 5.73 Å². The van der Waals surface area contributed by atoms with Crippen LogP contribution >= 0.6 is 0 Å². The number of aryl methyl sites for hydroxylation is 2. The first kappa shape index (κ1) is 16.1. The van der Waals surface area contributed by atoms with Crippen molar-refractivity contribution in [3.05, 3.63) is 34.9 Å². The molecule has 1 unspecified atom stereocenters. The molecule has 0 saturated carbocycles. The van der Waals surface area contributed by atoms with Crippen LogP contribution in [-0.2, 0) is 9.84 Å². The summed E-state index contributed by atoms with van der Waals surface area (Å²) in [6, 6.07) is 6.15. The standard InChI is InChI=1S/C14H24N2O2S/c1-11-5-6-12(2)13(9-11)14(15)10-16(3)7-8-19(4,17)18/h5-6,9,14H,7-8,10,15H2,1-4H3. The van der Waals surface area contributed by atoms with Crippen molar-refractivity contribution in [2.45, 2.75) is 19.9 Å². The van der Waals surface area contributed by atoms with Gasteiger partial charge in [-0.3, -0.25) is 0 Å². The van der Waals surface area contributed by atoms with E-state index in [4.69, 9.17) is 5.73 Å². The lowest BCUT2D eigenvalue weighted by Crippen LogP contribution is -2.32. The molecule has 0 aliphatic rings. The number of hydrogen-bond donors (Lipinski definition) is 1. The van der Waals surface area contributed by atoms with Gasteiger partial charge in [-0.05, 0) is 32.0 Å². The number of likely N-dealkylation sites (N-methyl/N-ethyl adjacent to an activating group) is 1. The zero-order valence-electron chi connectivity index (χ0n) is 12.2. The highest BCUT2D eigenvalue weighted by atomic mass is 32.2. The number of sulfone groups is 1. The maximum absolute atomic E-state index is 11.1. The summed E-state index contributed by atoms with van der Waals surface area (Å²) >= 11 is 0. The molecule has 1 aromatic carbocycles. The van der Waals surface area contributed by atoms with Crippen molar-refractivity contribution < 1.29 is 8.42 Å². The van der Waals surface area contributed by atoms with E-state index >= 15 is 0 Å². The average Bonchev–Trinajstić information content (AvgIpc) is 2.28. The molecular formula is C14H24N2O2S. The Hall–Kier alpha value is -0.910. The molecule has 1 aromatic rings. The van der Waals surface area contributed by atoms with Gasteiger partial charge in [0, 0.05) is 25.4 Å². The van der Waals surface area contributed by atoms with Gasteiger partial charge in [-0.15, -0.1) is 0 Å². The van der Waals surface area contributed by atoms with E-state index in [0.29, 0.717) is 13.1 Å². The monoisotopic (exact) mass is 284 g/mol. The summed E-state index contributed by atoms with van der Waals surface area (Å²) in [4.78, 5) is 1.97. The number of nitrogens with zero attached hydrogens (tertiary/aromatic N) is 1. The molecule has 4 nitrogen and oxygen atoms in total. The van der Waals surface area contributed by atoms with Gasteiger partial charge in [0.1, 0.15) is 9.84 Å². The van der Waals surface area contributed by atoms with E-state index in [2.05, 4.69) is 18.2 Å². The highest BCUT2D eigenvalue weighted by Crippen LogP contribution is 2.18. The van der Waals surface area contributed by atoms with E-state index in [1.54, 1.807) is 0 Å². The fraction of sp³-hybridized carbons (Fsp3) is 0.571. The Morgan fingerprint density at radius 3 is 2.53 bits per heavy atom. The van der Waals surface area contributed by atoms with Crippen molar-refractivity contribution in [1.82, 2.24) is 4.90 Å². The average molecular weight is 284 g/mol. The summed E-state index contributed by atoms with van der Waals surface area (Å²) in [5.41, 5.74) is 9.71. The molecule has 108 valence electrons. The third-order valence-electron chi connectivity index (χ3n) is 3.19. The highest BCUT2D eigenvalue weighted by Gasteiger charge is 2.13. The minimum atomic E-state index is -2.92. The van der Waals surface area contributed by atoms with Crippen LogP contribution in [0.1, 0.15) is 22.7 Å². The Morgan fingerprint density at radius 2 is 1.95 bits per heavy atom. The Kier molecular flexibility index (Phi) is 5.52. The van der Waals surface area contributed by atoms with Crippen LogP contribution < -0.4 is 5.73 Å². The van der Waals surface area contributed by atoms with E-state index < -0.39 is 9.84 Å². The molecule has 1 rings (SSSR count). The molecule has 0 bridgehead atoms. The van der Waals surface area contributed by atoms with Crippen molar-refractivity contribution in [1.29, 1.82) is 0 Å². The molecule has 0 saturated heterocycles. The summed E-state index contributed by atoms with van der Waals surface area (Å²) in [5, 5.41) is 0.